The minimum Gasteiger partial charge on any atom is -0.317 e. The van der Waals surface area contributed by atoms with E-state index in [1.54, 1.807) is 20.0 Å². The molecule has 0 saturated heterocycles. The van der Waals surface area contributed by atoms with Crippen LogP contribution < -0.4 is 5.32 Å². The number of benzene rings is 1. The summed E-state index contributed by atoms with van der Waals surface area (Å²) in [4.78, 5) is 0. The second kappa shape index (κ2) is 4.76. The average molecular weight is 216 g/mol. The van der Waals surface area contributed by atoms with Gasteiger partial charge in [-0.15, -0.1) is 0 Å². The predicted molar refractivity (Wildman–Crippen MR) is 58.6 cm³/mol. The molecule has 0 bridgehead atoms. The van der Waals surface area contributed by atoms with Gasteiger partial charge in [0, 0.05) is 18.0 Å². The molecule has 1 unspecified atom stereocenters. The van der Waals surface area contributed by atoms with Gasteiger partial charge in [-0.05, 0) is 25.6 Å². The zero-order valence-corrected chi connectivity index (χ0v) is 9.24. The molecule has 1 rings (SSSR count). The van der Waals surface area contributed by atoms with Crippen LogP contribution >= 0.6 is 11.6 Å². The zero-order valence-electron chi connectivity index (χ0n) is 8.48. The Morgan fingerprint density at radius 3 is 2.64 bits per heavy atom. The molecule has 1 nitrogen and oxygen atoms in total. The fourth-order valence-corrected chi connectivity index (χ4v) is 1.67. The highest BCUT2D eigenvalue weighted by Crippen LogP contribution is 2.22. The SMILES string of the molecule is CNCC(C)(F)Cc1ccccc1Cl. The minimum atomic E-state index is -1.25. The maximum Gasteiger partial charge on any atom is 0.124 e. The third-order valence-corrected chi connectivity index (χ3v) is 2.43. The third-order valence-electron chi connectivity index (χ3n) is 2.06. The van der Waals surface area contributed by atoms with E-state index in [1.165, 1.54) is 0 Å². The molecule has 14 heavy (non-hydrogen) atoms. The molecule has 0 spiro atoms. The van der Waals surface area contributed by atoms with Gasteiger partial charge in [0.2, 0.25) is 0 Å². The number of hydrogen-bond donors (Lipinski definition) is 1. The number of rotatable bonds is 4. The smallest absolute Gasteiger partial charge is 0.124 e. The Labute approximate surface area is 89.3 Å². The Balaban J connectivity index is 2.73. The van der Waals surface area contributed by atoms with E-state index in [1.807, 2.05) is 18.2 Å². The first-order valence-corrected chi connectivity index (χ1v) is 5.00. The second-order valence-corrected chi connectivity index (χ2v) is 4.12. The summed E-state index contributed by atoms with van der Waals surface area (Å²) >= 11 is 5.94. The lowest BCUT2D eigenvalue weighted by molar-refractivity contribution is 0.188. The summed E-state index contributed by atoms with van der Waals surface area (Å²) in [5, 5.41) is 3.46. The molecule has 0 heterocycles. The van der Waals surface area contributed by atoms with E-state index in [-0.39, 0.29) is 0 Å². The highest BCUT2D eigenvalue weighted by atomic mass is 35.5. The summed E-state index contributed by atoms with van der Waals surface area (Å²) in [6.45, 7) is 1.91. The van der Waals surface area contributed by atoms with Crippen molar-refractivity contribution in [2.45, 2.75) is 19.0 Å². The monoisotopic (exact) mass is 215 g/mol. The van der Waals surface area contributed by atoms with Crippen LogP contribution in [0.3, 0.4) is 0 Å². The molecule has 0 aliphatic heterocycles. The number of hydrogen-bond acceptors (Lipinski definition) is 1. The fourth-order valence-electron chi connectivity index (χ4n) is 1.47. The first kappa shape index (κ1) is 11.5. The average Bonchev–Trinajstić information content (AvgIpc) is 2.08. The molecule has 1 aromatic rings. The molecule has 0 amide bonds. The highest BCUT2D eigenvalue weighted by Gasteiger charge is 2.23. The number of halogens is 2. The molecule has 0 radical (unpaired) electrons. The quantitative estimate of drug-likeness (QED) is 0.815. The van der Waals surface area contributed by atoms with E-state index < -0.39 is 5.67 Å². The Kier molecular flexibility index (Phi) is 3.90. The van der Waals surface area contributed by atoms with Gasteiger partial charge in [0.25, 0.3) is 0 Å². The van der Waals surface area contributed by atoms with Gasteiger partial charge in [-0.1, -0.05) is 29.8 Å². The van der Waals surface area contributed by atoms with E-state index in [2.05, 4.69) is 5.32 Å². The van der Waals surface area contributed by atoms with Gasteiger partial charge in [0.15, 0.2) is 0 Å². The maximum absolute atomic E-state index is 13.8. The Morgan fingerprint density at radius 2 is 2.07 bits per heavy atom. The van der Waals surface area contributed by atoms with Crippen LogP contribution in [0.5, 0.6) is 0 Å². The molecule has 1 aromatic carbocycles. The molecule has 1 N–H and O–H groups in total. The first-order chi connectivity index (χ1) is 6.55. The summed E-state index contributed by atoms with van der Waals surface area (Å²) in [7, 11) is 1.74. The molecule has 0 aromatic heterocycles. The van der Waals surface area contributed by atoms with E-state index in [0.717, 1.165) is 5.56 Å². The summed E-state index contributed by atoms with van der Waals surface area (Å²) < 4.78 is 13.8. The largest absolute Gasteiger partial charge is 0.317 e. The van der Waals surface area contributed by atoms with Gasteiger partial charge >= 0.3 is 0 Å². The number of alkyl halides is 1. The fraction of sp³-hybridized carbons (Fsp3) is 0.455. The van der Waals surface area contributed by atoms with Crippen LogP contribution in [0.15, 0.2) is 24.3 Å². The van der Waals surface area contributed by atoms with Crippen LogP contribution in [-0.4, -0.2) is 19.3 Å². The van der Waals surface area contributed by atoms with Gasteiger partial charge in [-0.2, -0.15) is 0 Å². The van der Waals surface area contributed by atoms with Crippen LogP contribution in [0, 0.1) is 0 Å². The van der Waals surface area contributed by atoms with Gasteiger partial charge in [0.05, 0.1) is 0 Å². The minimum absolute atomic E-state index is 0.332. The lowest BCUT2D eigenvalue weighted by Crippen LogP contribution is -2.33. The van der Waals surface area contributed by atoms with Crippen molar-refractivity contribution in [3.05, 3.63) is 34.9 Å². The summed E-state index contributed by atoms with van der Waals surface area (Å²) in [6.07, 6.45) is 0.341. The lowest BCUT2D eigenvalue weighted by Gasteiger charge is -2.20. The standard InChI is InChI=1S/C11H15ClFN/c1-11(13,8-14-2)7-9-5-3-4-6-10(9)12/h3-6,14H,7-8H2,1-2H3. The van der Waals surface area contributed by atoms with Crippen molar-refractivity contribution in [3.63, 3.8) is 0 Å². The van der Waals surface area contributed by atoms with Crippen molar-refractivity contribution < 1.29 is 4.39 Å². The molecule has 0 aliphatic rings. The molecule has 78 valence electrons. The number of nitrogens with one attached hydrogen (secondary N) is 1. The molecule has 0 aliphatic carbocycles. The highest BCUT2D eigenvalue weighted by molar-refractivity contribution is 6.31. The zero-order chi connectivity index (χ0) is 10.6. The maximum atomic E-state index is 13.8. The Hall–Kier alpha value is -0.600. The molecule has 0 fully saturated rings. The topological polar surface area (TPSA) is 12.0 Å². The molecular weight excluding hydrogens is 201 g/mol. The van der Waals surface area contributed by atoms with E-state index in [9.17, 15) is 4.39 Å². The van der Waals surface area contributed by atoms with Gasteiger partial charge in [-0.3, -0.25) is 0 Å². The molecule has 1 atom stereocenters. The van der Waals surface area contributed by atoms with Crippen LogP contribution in [0.2, 0.25) is 5.02 Å². The molecular formula is C11H15ClFN. The summed E-state index contributed by atoms with van der Waals surface area (Å²) in [5.41, 5.74) is -0.394. The molecule has 3 heteroatoms. The normalized spacial score (nSPS) is 15.1. The predicted octanol–water partition coefficient (Wildman–Crippen LogP) is 2.83. The van der Waals surface area contributed by atoms with Crippen LogP contribution in [0.25, 0.3) is 0 Å². The van der Waals surface area contributed by atoms with Crippen molar-refractivity contribution in [2.75, 3.05) is 13.6 Å². The Bertz CT molecular complexity index is 299. The van der Waals surface area contributed by atoms with Crippen LogP contribution in [0.1, 0.15) is 12.5 Å². The van der Waals surface area contributed by atoms with Gasteiger partial charge in [0.1, 0.15) is 5.67 Å². The van der Waals surface area contributed by atoms with Crippen molar-refractivity contribution >= 4 is 11.6 Å². The van der Waals surface area contributed by atoms with Gasteiger partial charge in [-0.25, -0.2) is 4.39 Å². The van der Waals surface area contributed by atoms with Crippen LogP contribution in [0.4, 0.5) is 4.39 Å². The first-order valence-electron chi connectivity index (χ1n) is 4.62. The van der Waals surface area contributed by atoms with E-state index in [0.29, 0.717) is 18.0 Å². The molecule has 0 saturated carbocycles. The lowest BCUT2D eigenvalue weighted by atomic mass is 9.98. The van der Waals surface area contributed by atoms with Crippen molar-refractivity contribution in [2.24, 2.45) is 0 Å². The summed E-state index contributed by atoms with van der Waals surface area (Å²) in [5.74, 6) is 0. The van der Waals surface area contributed by atoms with Gasteiger partial charge < -0.3 is 5.32 Å². The third kappa shape index (κ3) is 3.28. The summed E-state index contributed by atoms with van der Waals surface area (Å²) in [6, 6.07) is 7.36. The Morgan fingerprint density at radius 1 is 1.43 bits per heavy atom. The van der Waals surface area contributed by atoms with Crippen molar-refractivity contribution in [1.29, 1.82) is 0 Å². The van der Waals surface area contributed by atoms with E-state index >= 15 is 0 Å². The van der Waals surface area contributed by atoms with Crippen molar-refractivity contribution in [3.8, 4) is 0 Å². The second-order valence-electron chi connectivity index (χ2n) is 3.71. The van der Waals surface area contributed by atoms with Crippen LogP contribution in [-0.2, 0) is 6.42 Å². The van der Waals surface area contributed by atoms with Crippen molar-refractivity contribution in [1.82, 2.24) is 5.32 Å². The van der Waals surface area contributed by atoms with E-state index in [4.69, 9.17) is 11.6 Å².